The van der Waals surface area contributed by atoms with E-state index in [0.29, 0.717) is 22.6 Å². The van der Waals surface area contributed by atoms with Gasteiger partial charge in [-0.15, -0.1) is 0 Å². The van der Waals surface area contributed by atoms with Gasteiger partial charge in [-0.2, -0.15) is 0 Å². The molecule has 0 spiro atoms. The Labute approximate surface area is 221 Å². The Morgan fingerprint density at radius 1 is 0.921 bits per heavy atom. The van der Waals surface area contributed by atoms with Crippen LogP contribution in [0.3, 0.4) is 0 Å². The fourth-order valence-corrected chi connectivity index (χ4v) is 7.12. The Hall–Kier alpha value is -3.88. The summed E-state index contributed by atoms with van der Waals surface area (Å²) in [6.45, 7) is 0. The number of phenols is 1. The second kappa shape index (κ2) is 10.5. The molecule has 0 saturated carbocycles. The van der Waals surface area contributed by atoms with Gasteiger partial charge in [0.05, 0.1) is 24.9 Å². The number of benzene rings is 4. The van der Waals surface area contributed by atoms with E-state index in [4.69, 9.17) is 4.74 Å². The van der Waals surface area contributed by atoms with Crippen LogP contribution >= 0.6 is 0 Å². The number of methoxy groups -OCH3 is 1. The Balaban J connectivity index is 1.46. The summed E-state index contributed by atoms with van der Waals surface area (Å²) in [4.78, 5) is 0. The van der Waals surface area contributed by atoms with Crippen molar-refractivity contribution < 1.29 is 27.8 Å². The van der Waals surface area contributed by atoms with E-state index >= 15 is 0 Å². The molecular formula is C30H28FNO5S. The molecule has 1 saturated heterocycles. The molecule has 5 rings (SSSR count). The van der Waals surface area contributed by atoms with Crippen molar-refractivity contribution in [2.45, 2.75) is 30.2 Å². The van der Waals surface area contributed by atoms with E-state index in [9.17, 15) is 23.0 Å². The van der Waals surface area contributed by atoms with Crippen LogP contribution in [0.15, 0.2) is 97.1 Å². The quantitative estimate of drug-likeness (QED) is 0.291. The van der Waals surface area contributed by atoms with Gasteiger partial charge in [0.2, 0.25) is 10.0 Å². The summed E-state index contributed by atoms with van der Waals surface area (Å²) >= 11 is 0. The third kappa shape index (κ3) is 4.85. The van der Waals surface area contributed by atoms with Crippen LogP contribution in [0.2, 0.25) is 0 Å². The summed E-state index contributed by atoms with van der Waals surface area (Å²) in [6.07, 6.45) is -0.644. The maximum Gasteiger partial charge on any atom is 0.241 e. The molecule has 1 heterocycles. The predicted molar refractivity (Wildman–Crippen MR) is 145 cm³/mol. The number of anilines is 1. The van der Waals surface area contributed by atoms with E-state index in [1.54, 1.807) is 24.3 Å². The van der Waals surface area contributed by atoms with Crippen LogP contribution in [0, 0.1) is 5.82 Å². The summed E-state index contributed by atoms with van der Waals surface area (Å²) in [5, 5.41) is 20.6. The van der Waals surface area contributed by atoms with Crippen molar-refractivity contribution in [3.63, 3.8) is 0 Å². The van der Waals surface area contributed by atoms with E-state index in [2.05, 4.69) is 0 Å². The zero-order valence-corrected chi connectivity index (χ0v) is 21.6. The normalized spacial score (nSPS) is 19.0. The lowest BCUT2D eigenvalue weighted by molar-refractivity contribution is 0.162. The van der Waals surface area contributed by atoms with Gasteiger partial charge in [0.25, 0.3) is 0 Å². The Morgan fingerprint density at radius 3 is 2.21 bits per heavy atom. The van der Waals surface area contributed by atoms with Gasteiger partial charge in [0, 0.05) is 11.6 Å². The SMILES string of the molecule is COc1ccc([C@@H]2[C@H](CC[C@H](O)c3ccc(F)cc3)S(=O)(=O)N2c2ccc(-c3ccccc3)cc2)c(O)c1. The maximum absolute atomic E-state index is 13.6. The van der Waals surface area contributed by atoms with Gasteiger partial charge in [0.1, 0.15) is 22.6 Å². The molecule has 0 radical (unpaired) electrons. The van der Waals surface area contributed by atoms with Gasteiger partial charge in [-0.25, -0.2) is 12.8 Å². The fourth-order valence-electron chi connectivity index (χ4n) is 5.00. The molecule has 8 heteroatoms. The second-order valence-corrected chi connectivity index (χ2v) is 11.3. The highest BCUT2D eigenvalue weighted by Gasteiger charge is 2.55. The second-order valence-electron chi connectivity index (χ2n) is 9.31. The first-order valence-electron chi connectivity index (χ1n) is 12.3. The van der Waals surface area contributed by atoms with Crippen LogP contribution < -0.4 is 9.04 Å². The molecule has 0 aromatic heterocycles. The lowest BCUT2D eigenvalue weighted by atomic mass is 9.95. The molecule has 3 atom stereocenters. The van der Waals surface area contributed by atoms with Crippen LogP contribution in [0.25, 0.3) is 11.1 Å². The molecule has 0 amide bonds. The lowest BCUT2D eigenvalue weighted by Crippen LogP contribution is -2.58. The van der Waals surface area contributed by atoms with Crippen molar-refractivity contribution in [1.82, 2.24) is 0 Å². The summed E-state index contributed by atoms with van der Waals surface area (Å²) in [5.41, 5.74) is 3.42. The molecule has 0 aliphatic carbocycles. The zero-order chi connectivity index (χ0) is 26.9. The summed E-state index contributed by atoms with van der Waals surface area (Å²) in [7, 11) is -2.30. The molecule has 6 nitrogen and oxygen atoms in total. The number of aliphatic hydroxyl groups excluding tert-OH is 1. The monoisotopic (exact) mass is 533 g/mol. The summed E-state index contributed by atoms with van der Waals surface area (Å²) in [6, 6.07) is 26.7. The smallest absolute Gasteiger partial charge is 0.241 e. The number of sulfonamides is 1. The largest absolute Gasteiger partial charge is 0.507 e. The van der Waals surface area contributed by atoms with Crippen molar-refractivity contribution in [2.24, 2.45) is 0 Å². The zero-order valence-electron chi connectivity index (χ0n) is 20.7. The van der Waals surface area contributed by atoms with Crippen LogP contribution in [0.5, 0.6) is 11.5 Å². The topological polar surface area (TPSA) is 87.1 Å². The lowest BCUT2D eigenvalue weighted by Gasteiger charge is -2.48. The molecule has 1 aliphatic heterocycles. The minimum atomic E-state index is -3.79. The predicted octanol–water partition coefficient (Wildman–Crippen LogP) is 5.98. The Morgan fingerprint density at radius 2 is 1.58 bits per heavy atom. The number of ether oxygens (including phenoxy) is 1. The molecule has 4 aromatic carbocycles. The highest BCUT2D eigenvalue weighted by atomic mass is 32.2. The number of halogens is 1. The van der Waals surface area contributed by atoms with Crippen molar-refractivity contribution in [1.29, 1.82) is 0 Å². The molecule has 2 N–H and O–H groups in total. The third-order valence-corrected chi connectivity index (χ3v) is 9.27. The molecule has 196 valence electrons. The van der Waals surface area contributed by atoms with E-state index in [1.807, 2.05) is 42.5 Å². The van der Waals surface area contributed by atoms with Crippen LogP contribution in [-0.2, 0) is 10.0 Å². The molecule has 38 heavy (non-hydrogen) atoms. The number of aromatic hydroxyl groups is 1. The Kier molecular flexibility index (Phi) is 7.10. The highest BCUT2D eigenvalue weighted by Crippen LogP contribution is 2.50. The number of nitrogens with zero attached hydrogens (tertiary/aromatic N) is 1. The van der Waals surface area contributed by atoms with Crippen molar-refractivity contribution >= 4 is 15.7 Å². The van der Waals surface area contributed by atoms with Crippen LogP contribution in [-0.4, -0.2) is 31.0 Å². The molecule has 0 bridgehead atoms. The van der Waals surface area contributed by atoms with Gasteiger partial charge in [-0.05, 0) is 65.9 Å². The molecule has 4 aromatic rings. The van der Waals surface area contributed by atoms with Gasteiger partial charge in [-0.1, -0.05) is 54.6 Å². The average molecular weight is 534 g/mol. The first kappa shape index (κ1) is 25.8. The van der Waals surface area contributed by atoms with E-state index < -0.39 is 33.2 Å². The van der Waals surface area contributed by atoms with Gasteiger partial charge in [-0.3, -0.25) is 4.31 Å². The van der Waals surface area contributed by atoms with E-state index in [1.165, 1.54) is 41.7 Å². The Bertz CT molecular complexity index is 1510. The fraction of sp³-hybridized carbons (Fsp3) is 0.200. The van der Waals surface area contributed by atoms with E-state index in [0.717, 1.165) is 11.1 Å². The number of rotatable bonds is 8. The van der Waals surface area contributed by atoms with E-state index in [-0.39, 0.29) is 18.6 Å². The van der Waals surface area contributed by atoms with Crippen molar-refractivity contribution in [3.8, 4) is 22.6 Å². The molecular weight excluding hydrogens is 505 g/mol. The molecule has 0 unspecified atom stereocenters. The summed E-state index contributed by atoms with van der Waals surface area (Å²) < 4.78 is 47.0. The maximum atomic E-state index is 13.6. The first-order chi connectivity index (χ1) is 18.3. The average Bonchev–Trinajstić information content (AvgIpc) is 2.93. The van der Waals surface area contributed by atoms with Gasteiger partial charge >= 0.3 is 0 Å². The molecule has 1 fully saturated rings. The van der Waals surface area contributed by atoms with Crippen molar-refractivity contribution in [3.05, 3.63) is 114 Å². The number of hydrogen-bond acceptors (Lipinski definition) is 5. The molecule has 1 aliphatic rings. The third-order valence-electron chi connectivity index (χ3n) is 7.03. The summed E-state index contributed by atoms with van der Waals surface area (Å²) in [5.74, 6) is -0.0267. The number of phenolic OH excluding ortho intramolecular Hbond substituents is 1. The highest BCUT2D eigenvalue weighted by molar-refractivity contribution is 7.95. The number of aliphatic hydroxyl groups is 1. The first-order valence-corrected chi connectivity index (χ1v) is 13.8. The van der Waals surface area contributed by atoms with Crippen molar-refractivity contribution in [2.75, 3.05) is 11.4 Å². The van der Waals surface area contributed by atoms with Gasteiger partial charge in [0.15, 0.2) is 0 Å². The van der Waals surface area contributed by atoms with Crippen LogP contribution in [0.1, 0.15) is 36.1 Å². The standard InChI is InChI=1S/C30H28FNO5S/c1-37-25-15-16-26(28(34)19-25)30-29(18-17-27(33)22-7-11-23(31)12-8-22)38(35,36)32(30)24-13-9-21(10-14-24)20-5-3-2-4-6-20/h2-16,19,27,29-30,33-34H,17-18H2,1H3/t27-,29-,30+/m0/s1. The minimum Gasteiger partial charge on any atom is -0.507 e. The van der Waals surface area contributed by atoms with Crippen LogP contribution in [0.4, 0.5) is 10.1 Å². The number of hydrogen-bond donors (Lipinski definition) is 2. The van der Waals surface area contributed by atoms with Gasteiger partial charge < -0.3 is 14.9 Å². The minimum absolute atomic E-state index is 0.0701.